The molecule has 0 aliphatic heterocycles. The summed E-state index contributed by atoms with van der Waals surface area (Å²) in [5, 5.41) is 21.5. The Labute approximate surface area is 268 Å². The number of halogens is 2. The van der Waals surface area contributed by atoms with Gasteiger partial charge in [-0.3, -0.25) is 9.59 Å². The van der Waals surface area contributed by atoms with Crippen molar-refractivity contribution in [2.75, 3.05) is 19.6 Å². The highest BCUT2D eigenvalue weighted by molar-refractivity contribution is 7.08. The predicted octanol–water partition coefficient (Wildman–Crippen LogP) is 6.76. The van der Waals surface area contributed by atoms with Crippen LogP contribution in [0, 0.1) is 18.6 Å². The molecule has 0 spiro atoms. The summed E-state index contributed by atoms with van der Waals surface area (Å²) in [6, 6.07) is 17.4. The van der Waals surface area contributed by atoms with Gasteiger partial charge in [0.25, 0.3) is 11.8 Å². The van der Waals surface area contributed by atoms with Crippen LogP contribution in [0.3, 0.4) is 0 Å². The Hall–Kier alpha value is -3.92. The predicted molar refractivity (Wildman–Crippen MR) is 176 cm³/mol. The largest absolute Gasteiger partial charge is 0.390 e. The van der Waals surface area contributed by atoms with Crippen LogP contribution in [0.4, 0.5) is 8.78 Å². The molecule has 0 bridgehead atoms. The molecule has 2 amide bonds. The maximum Gasteiger partial charge on any atom is 0.253 e. The Morgan fingerprint density at radius 1 is 0.889 bits per heavy atom. The maximum atomic E-state index is 14.0. The number of hydrogen-bond donors (Lipinski definition) is 3. The lowest BCUT2D eigenvalue weighted by Crippen LogP contribution is -2.48. The van der Waals surface area contributed by atoms with Gasteiger partial charge in [0, 0.05) is 43.4 Å². The van der Waals surface area contributed by atoms with Crippen LogP contribution in [-0.2, 0) is 13.0 Å². The molecule has 3 N–H and O–H groups in total. The summed E-state index contributed by atoms with van der Waals surface area (Å²) in [5.41, 5.74) is 4.99. The molecule has 0 saturated heterocycles. The van der Waals surface area contributed by atoms with E-state index in [1.54, 1.807) is 34.4 Å². The van der Waals surface area contributed by atoms with Crippen LogP contribution in [-0.4, -0.2) is 53.6 Å². The third-order valence-electron chi connectivity index (χ3n) is 7.48. The standard InChI is InChI=1S/C36H41F2N3O3S/c1-4-10-41(11-5-2)36(44)30-14-24(3)13-29(19-30)35(43)40-33(18-26-16-31(37)20-32(38)17-26)34(42)22-39-21-25-7-6-8-27(15-25)28-9-12-45-23-28/h6-9,12-17,19-20,23,33-34,39,42H,4-5,10-11,18,21-22H2,1-3H3,(H,40,43)/t33-,34+/m0/s1. The molecule has 0 aliphatic carbocycles. The molecule has 6 nitrogen and oxygen atoms in total. The van der Waals surface area contributed by atoms with Crippen LogP contribution >= 0.6 is 11.3 Å². The third kappa shape index (κ3) is 9.78. The summed E-state index contributed by atoms with van der Waals surface area (Å²) in [7, 11) is 0. The van der Waals surface area contributed by atoms with Gasteiger partial charge in [0.15, 0.2) is 0 Å². The zero-order valence-electron chi connectivity index (χ0n) is 26.0. The minimum atomic E-state index is -1.09. The summed E-state index contributed by atoms with van der Waals surface area (Å²) in [6.07, 6.45) is 0.545. The number of carbonyl (C=O) groups is 2. The van der Waals surface area contributed by atoms with Gasteiger partial charge in [-0.15, -0.1) is 0 Å². The summed E-state index contributed by atoms with van der Waals surface area (Å²) in [6.45, 7) is 7.66. The number of amides is 2. The van der Waals surface area contributed by atoms with Crippen molar-refractivity contribution in [3.8, 4) is 11.1 Å². The quantitative estimate of drug-likeness (QED) is 0.135. The van der Waals surface area contributed by atoms with Crippen molar-refractivity contribution in [3.05, 3.63) is 117 Å². The zero-order valence-corrected chi connectivity index (χ0v) is 26.8. The Morgan fingerprint density at radius 2 is 1.60 bits per heavy atom. The fourth-order valence-electron chi connectivity index (χ4n) is 5.39. The van der Waals surface area contributed by atoms with Crippen molar-refractivity contribution in [1.29, 1.82) is 0 Å². The van der Waals surface area contributed by atoms with E-state index in [0.717, 1.165) is 41.2 Å². The van der Waals surface area contributed by atoms with E-state index in [1.807, 2.05) is 44.4 Å². The highest BCUT2D eigenvalue weighted by Crippen LogP contribution is 2.23. The molecular formula is C36H41F2N3O3S. The van der Waals surface area contributed by atoms with Crippen molar-refractivity contribution in [3.63, 3.8) is 0 Å². The first-order valence-corrected chi connectivity index (χ1v) is 16.3. The normalized spacial score (nSPS) is 12.5. The van der Waals surface area contributed by atoms with Crippen LogP contribution in [0.15, 0.2) is 77.5 Å². The minimum absolute atomic E-state index is 0.00467. The zero-order chi connectivity index (χ0) is 32.3. The highest BCUT2D eigenvalue weighted by Gasteiger charge is 2.24. The van der Waals surface area contributed by atoms with Gasteiger partial charge in [0.2, 0.25) is 0 Å². The first-order chi connectivity index (χ1) is 21.7. The molecule has 4 aromatic rings. The molecule has 238 valence electrons. The molecular weight excluding hydrogens is 592 g/mol. The van der Waals surface area contributed by atoms with Crippen LogP contribution in [0.25, 0.3) is 11.1 Å². The molecule has 0 radical (unpaired) electrons. The van der Waals surface area contributed by atoms with E-state index in [2.05, 4.69) is 28.1 Å². The van der Waals surface area contributed by atoms with Crippen LogP contribution < -0.4 is 10.6 Å². The fourth-order valence-corrected chi connectivity index (χ4v) is 6.05. The lowest BCUT2D eigenvalue weighted by molar-refractivity contribution is 0.0755. The average molecular weight is 634 g/mol. The second-order valence-corrected chi connectivity index (χ2v) is 12.1. The van der Waals surface area contributed by atoms with E-state index in [0.29, 0.717) is 30.8 Å². The van der Waals surface area contributed by atoms with Crippen LogP contribution in [0.5, 0.6) is 0 Å². The molecule has 2 atom stereocenters. The monoisotopic (exact) mass is 633 g/mol. The lowest BCUT2D eigenvalue weighted by Gasteiger charge is -2.25. The summed E-state index contributed by atoms with van der Waals surface area (Å²) in [4.78, 5) is 28.6. The number of nitrogens with one attached hydrogen (secondary N) is 2. The van der Waals surface area contributed by atoms with Crippen molar-refractivity contribution in [2.24, 2.45) is 0 Å². The van der Waals surface area contributed by atoms with E-state index in [9.17, 15) is 23.5 Å². The second kappa shape index (κ2) is 16.4. The molecule has 4 rings (SSSR count). The van der Waals surface area contributed by atoms with Gasteiger partial charge in [0.1, 0.15) is 11.6 Å². The van der Waals surface area contributed by atoms with Gasteiger partial charge in [-0.05, 0) is 107 Å². The summed E-state index contributed by atoms with van der Waals surface area (Å²) >= 11 is 1.63. The number of nitrogens with zero attached hydrogens (tertiary/aromatic N) is 1. The first-order valence-electron chi connectivity index (χ1n) is 15.3. The molecule has 0 aliphatic rings. The molecule has 0 fully saturated rings. The van der Waals surface area contributed by atoms with Crippen molar-refractivity contribution in [1.82, 2.24) is 15.5 Å². The van der Waals surface area contributed by atoms with Gasteiger partial charge >= 0.3 is 0 Å². The van der Waals surface area contributed by atoms with E-state index < -0.39 is 29.7 Å². The lowest BCUT2D eigenvalue weighted by atomic mass is 9.99. The van der Waals surface area contributed by atoms with Crippen LogP contribution in [0.1, 0.15) is 64.1 Å². The molecule has 0 saturated carbocycles. The first kappa shape index (κ1) is 34.0. The number of thiophene rings is 1. The number of aliphatic hydroxyl groups is 1. The Kier molecular flexibility index (Phi) is 12.4. The van der Waals surface area contributed by atoms with Gasteiger partial charge in [-0.25, -0.2) is 8.78 Å². The average Bonchev–Trinajstić information content (AvgIpc) is 3.55. The van der Waals surface area contributed by atoms with E-state index in [1.165, 1.54) is 12.1 Å². The molecule has 45 heavy (non-hydrogen) atoms. The van der Waals surface area contributed by atoms with E-state index in [4.69, 9.17) is 0 Å². The molecule has 1 aromatic heterocycles. The number of benzene rings is 3. The SMILES string of the molecule is CCCN(CCC)C(=O)c1cc(C)cc(C(=O)N[C@@H](Cc2cc(F)cc(F)c2)[C@H](O)CNCc2cccc(-c3ccsc3)c2)c1. The summed E-state index contributed by atoms with van der Waals surface area (Å²) in [5.74, 6) is -2.11. The van der Waals surface area contributed by atoms with Crippen LogP contribution in [0.2, 0.25) is 0 Å². The minimum Gasteiger partial charge on any atom is -0.390 e. The van der Waals surface area contributed by atoms with Gasteiger partial charge < -0.3 is 20.6 Å². The Morgan fingerprint density at radius 3 is 2.27 bits per heavy atom. The smallest absolute Gasteiger partial charge is 0.253 e. The number of rotatable bonds is 15. The number of hydrogen-bond acceptors (Lipinski definition) is 5. The van der Waals surface area contributed by atoms with Gasteiger partial charge in [-0.2, -0.15) is 11.3 Å². The Balaban J connectivity index is 1.50. The van der Waals surface area contributed by atoms with E-state index >= 15 is 0 Å². The van der Waals surface area contributed by atoms with Gasteiger partial charge in [0.05, 0.1) is 12.1 Å². The number of aryl methyl sites for hydroxylation is 1. The van der Waals surface area contributed by atoms with Crippen molar-refractivity contribution < 1.29 is 23.5 Å². The third-order valence-corrected chi connectivity index (χ3v) is 8.17. The number of carbonyl (C=O) groups excluding carboxylic acids is 2. The highest BCUT2D eigenvalue weighted by atomic mass is 32.1. The molecule has 9 heteroatoms. The van der Waals surface area contributed by atoms with Gasteiger partial charge in [-0.1, -0.05) is 32.0 Å². The van der Waals surface area contributed by atoms with Crippen molar-refractivity contribution in [2.45, 2.75) is 58.7 Å². The molecule has 3 aromatic carbocycles. The molecule has 0 unspecified atom stereocenters. The summed E-state index contributed by atoms with van der Waals surface area (Å²) < 4.78 is 28.1. The van der Waals surface area contributed by atoms with E-state index in [-0.39, 0.29) is 24.4 Å². The topological polar surface area (TPSA) is 81.7 Å². The number of aliphatic hydroxyl groups excluding tert-OH is 1. The fraction of sp³-hybridized carbons (Fsp3) is 0.333. The second-order valence-electron chi connectivity index (χ2n) is 11.4. The van der Waals surface area contributed by atoms with Crippen molar-refractivity contribution >= 4 is 23.2 Å². The Bertz CT molecular complexity index is 1550. The molecule has 1 heterocycles. The maximum absolute atomic E-state index is 14.0.